The maximum absolute atomic E-state index is 12.5. The highest BCUT2D eigenvalue weighted by Gasteiger charge is 2.11. The highest BCUT2D eigenvalue weighted by atomic mass is 32.2. The molecule has 0 radical (unpaired) electrons. The molecule has 1 aromatic heterocycles. The lowest BCUT2D eigenvalue weighted by molar-refractivity contribution is -0.113. The van der Waals surface area contributed by atoms with Gasteiger partial charge in [0, 0.05) is 22.7 Å². The van der Waals surface area contributed by atoms with Crippen molar-refractivity contribution in [1.29, 1.82) is 0 Å². The van der Waals surface area contributed by atoms with E-state index in [1.54, 1.807) is 42.7 Å². The standard InChI is InChI=1S/C26H26N6O2S/c1-18(2)19-8-14-23(15-9-19)32-17-27-31-26(32)35-16-24(33)28-21-10-12-22(13-11-21)30-25(34)29-20-6-4-3-5-7-20/h3-15,17-18H,16H2,1-2H3,(H,28,33)(H2,29,30,34). The normalized spacial score (nSPS) is 10.7. The van der Waals surface area contributed by atoms with Crippen molar-refractivity contribution in [2.45, 2.75) is 24.9 Å². The molecular weight excluding hydrogens is 460 g/mol. The van der Waals surface area contributed by atoms with Crippen LogP contribution in [0.5, 0.6) is 0 Å². The molecule has 3 amide bonds. The Morgan fingerprint density at radius 1 is 0.829 bits per heavy atom. The topological polar surface area (TPSA) is 101 Å². The van der Waals surface area contributed by atoms with Crippen molar-refractivity contribution >= 4 is 40.8 Å². The van der Waals surface area contributed by atoms with Crippen LogP contribution in [0, 0.1) is 0 Å². The molecule has 0 aliphatic heterocycles. The van der Waals surface area contributed by atoms with Crippen LogP contribution in [0.15, 0.2) is 90.3 Å². The maximum Gasteiger partial charge on any atom is 0.323 e. The molecule has 3 N–H and O–H groups in total. The van der Waals surface area contributed by atoms with Gasteiger partial charge in [-0.15, -0.1) is 10.2 Å². The number of benzene rings is 3. The van der Waals surface area contributed by atoms with Crippen LogP contribution >= 0.6 is 11.8 Å². The molecule has 4 aromatic rings. The summed E-state index contributed by atoms with van der Waals surface area (Å²) in [7, 11) is 0. The lowest BCUT2D eigenvalue weighted by Gasteiger charge is -2.10. The van der Waals surface area contributed by atoms with E-state index in [2.05, 4.69) is 52.1 Å². The zero-order valence-corrected chi connectivity index (χ0v) is 20.3. The molecule has 0 fully saturated rings. The molecule has 0 spiro atoms. The van der Waals surface area contributed by atoms with Gasteiger partial charge in [0.25, 0.3) is 0 Å². The van der Waals surface area contributed by atoms with Gasteiger partial charge in [0.1, 0.15) is 6.33 Å². The lowest BCUT2D eigenvalue weighted by Crippen LogP contribution is -2.19. The third kappa shape index (κ3) is 6.70. The first-order valence-corrected chi connectivity index (χ1v) is 12.1. The summed E-state index contributed by atoms with van der Waals surface area (Å²) in [5.74, 6) is 0.475. The Kier molecular flexibility index (Phi) is 7.79. The van der Waals surface area contributed by atoms with E-state index < -0.39 is 0 Å². The number of urea groups is 1. The average molecular weight is 487 g/mol. The molecule has 4 rings (SSSR count). The predicted octanol–water partition coefficient (Wildman–Crippen LogP) is 5.77. The minimum absolute atomic E-state index is 0.165. The van der Waals surface area contributed by atoms with Crippen molar-refractivity contribution in [3.63, 3.8) is 0 Å². The van der Waals surface area contributed by atoms with Crippen molar-refractivity contribution in [2.24, 2.45) is 0 Å². The molecule has 0 atom stereocenters. The molecule has 8 nitrogen and oxygen atoms in total. The summed E-state index contributed by atoms with van der Waals surface area (Å²) in [6.45, 7) is 4.31. The number of para-hydroxylation sites is 1. The van der Waals surface area contributed by atoms with Crippen molar-refractivity contribution in [3.05, 3.63) is 90.8 Å². The van der Waals surface area contributed by atoms with Gasteiger partial charge in [0.2, 0.25) is 5.91 Å². The number of rotatable bonds is 8. The summed E-state index contributed by atoms with van der Waals surface area (Å²) >= 11 is 1.31. The first-order chi connectivity index (χ1) is 17.0. The Morgan fingerprint density at radius 2 is 1.43 bits per heavy atom. The van der Waals surface area contributed by atoms with Crippen molar-refractivity contribution in [1.82, 2.24) is 14.8 Å². The third-order valence-corrected chi connectivity index (χ3v) is 6.09. The molecule has 0 bridgehead atoms. The monoisotopic (exact) mass is 486 g/mol. The Labute approximate surface area is 208 Å². The number of nitrogens with one attached hydrogen (secondary N) is 3. The van der Waals surface area contributed by atoms with E-state index in [9.17, 15) is 9.59 Å². The van der Waals surface area contributed by atoms with E-state index in [1.165, 1.54) is 17.3 Å². The zero-order chi connectivity index (χ0) is 24.6. The fraction of sp³-hybridized carbons (Fsp3) is 0.154. The van der Waals surface area contributed by atoms with Crippen LogP contribution < -0.4 is 16.0 Å². The summed E-state index contributed by atoms with van der Waals surface area (Å²) in [5, 5.41) is 17.2. The quantitative estimate of drug-likeness (QED) is 0.275. The van der Waals surface area contributed by atoms with Crippen LogP contribution in [0.2, 0.25) is 0 Å². The second-order valence-corrected chi connectivity index (χ2v) is 9.03. The van der Waals surface area contributed by atoms with Crippen LogP contribution in [-0.4, -0.2) is 32.5 Å². The number of hydrogen-bond donors (Lipinski definition) is 3. The van der Waals surface area contributed by atoms with Gasteiger partial charge in [-0.3, -0.25) is 9.36 Å². The van der Waals surface area contributed by atoms with E-state index in [4.69, 9.17) is 0 Å². The number of nitrogens with zero attached hydrogens (tertiary/aromatic N) is 3. The van der Waals surface area contributed by atoms with Crippen molar-refractivity contribution < 1.29 is 9.59 Å². The van der Waals surface area contributed by atoms with Gasteiger partial charge < -0.3 is 16.0 Å². The van der Waals surface area contributed by atoms with Gasteiger partial charge in [-0.2, -0.15) is 0 Å². The fourth-order valence-corrected chi connectivity index (χ4v) is 4.03. The Hall–Kier alpha value is -4.11. The Balaban J connectivity index is 1.28. The molecule has 35 heavy (non-hydrogen) atoms. The summed E-state index contributed by atoms with van der Waals surface area (Å²) in [4.78, 5) is 24.6. The number of carbonyl (C=O) groups excluding carboxylic acids is 2. The third-order valence-electron chi connectivity index (χ3n) is 5.14. The highest BCUT2D eigenvalue weighted by Crippen LogP contribution is 2.22. The van der Waals surface area contributed by atoms with Gasteiger partial charge in [-0.25, -0.2) is 4.79 Å². The largest absolute Gasteiger partial charge is 0.325 e. The van der Waals surface area contributed by atoms with E-state index in [0.29, 0.717) is 28.1 Å². The molecule has 178 valence electrons. The lowest BCUT2D eigenvalue weighted by atomic mass is 10.0. The molecule has 1 heterocycles. The van der Waals surface area contributed by atoms with E-state index in [0.717, 1.165) is 5.69 Å². The van der Waals surface area contributed by atoms with Crippen LogP contribution in [0.4, 0.5) is 21.9 Å². The van der Waals surface area contributed by atoms with Crippen LogP contribution in [-0.2, 0) is 4.79 Å². The van der Waals surface area contributed by atoms with Crippen LogP contribution in [0.3, 0.4) is 0 Å². The smallest absolute Gasteiger partial charge is 0.323 e. The summed E-state index contributed by atoms with van der Waals surface area (Å²) < 4.78 is 1.86. The molecule has 0 aliphatic rings. The van der Waals surface area contributed by atoms with Crippen molar-refractivity contribution in [2.75, 3.05) is 21.7 Å². The first kappa shape index (κ1) is 24.0. The second kappa shape index (κ2) is 11.3. The second-order valence-electron chi connectivity index (χ2n) is 8.09. The van der Waals surface area contributed by atoms with Gasteiger partial charge in [-0.05, 0) is 60.0 Å². The molecule has 0 saturated carbocycles. The maximum atomic E-state index is 12.5. The summed E-state index contributed by atoms with van der Waals surface area (Å²) in [6.07, 6.45) is 1.64. The number of thioether (sulfide) groups is 1. The van der Waals surface area contributed by atoms with E-state index >= 15 is 0 Å². The van der Waals surface area contributed by atoms with Crippen molar-refractivity contribution in [3.8, 4) is 5.69 Å². The summed E-state index contributed by atoms with van der Waals surface area (Å²) in [6, 6.07) is 24.0. The molecule has 0 saturated heterocycles. The zero-order valence-electron chi connectivity index (χ0n) is 19.4. The van der Waals surface area contributed by atoms with Gasteiger partial charge >= 0.3 is 6.03 Å². The van der Waals surface area contributed by atoms with E-state index in [-0.39, 0.29) is 17.7 Å². The molecule has 9 heteroatoms. The van der Waals surface area contributed by atoms with Gasteiger partial charge in [-0.1, -0.05) is 55.9 Å². The number of aromatic nitrogens is 3. The number of anilines is 3. The van der Waals surface area contributed by atoms with Crippen LogP contribution in [0.1, 0.15) is 25.3 Å². The van der Waals surface area contributed by atoms with Gasteiger partial charge in [0.15, 0.2) is 5.16 Å². The molecular formula is C26H26N6O2S. The minimum Gasteiger partial charge on any atom is -0.325 e. The fourth-order valence-electron chi connectivity index (χ4n) is 3.30. The molecule has 0 aliphatic carbocycles. The number of hydrogen-bond acceptors (Lipinski definition) is 5. The predicted molar refractivity (Wildman–Crippen MR) is 140 cm³/mol. The Bertz CT molecular complexity index is 1270. The molecule has 0 unspecified atom stereocenters. The Morgan fingerprint density at radius 3 is 2.06 bits per heavy atom. The summed E-state index contributed by atoms with van der Waals surface area (Å²) in [5.41, 5.74) is 4.16. The van der Waals surface area contributed by atoms with E-state index in [1.807, 2.05) is 34.9 Å². The average Bonchev–Trinajstić information content (AvgIpc) is 3.33. The number of carbonyl (C=O) groups is 2. The minimum atomic E-state index is -0.340. The van der Waals surface area contributed by atoms with Crippen LogP contribution in [0.25, 0.3) is 5.69 Å². The molecule has 3 aromatic carbocycles. The highest BCUT2D eigenvalue weighted by molar-refractivity contribution is 7.99. The number of amides is 3. The first-order valence-electron chi connectivity index (χ1n) is 11.1. The van der Waals surface area contributed by atoms with Gasteiger partial charge in [0.05, 0.1) is 5.75 Å². The SMILES string of the molecule is CC(C)c1ccc(-n2cnnc2SCC(=O)Nc2ccc(NC(=O)Nc3ccccc3)cc2)cc1.